The van der Waals surface area contributed by atoms with Crippen molar-refractivity contribution in [3.8, 4) is 0 Å². The number of hydrogen-bond acceptors (Lipinski definition) is 6. The van der Waals surface area contributed by atoms with Crippen molar-refractivity contribution in [2.24, 2.45) is 0 Å². The van der Waals surface area contributed by atoms with Gasteiger partial charge in [-0.2, -0.15) is 8.42 Å². The average Bonchev–Trinajstić information content (AvgIpc) is 2.42. The molecule has 0 aliphatic carbocycles. The van der Waals surface area contributed by atoms with E-state index in [1.54, 1.807) is 0 Å². The van der Waals surface area contributed by atoms with Crippen LogP contribution in [0.25, 0.3) is 0 Å². The molecule has 0 saturated carbocycles. The summed E-state index contributed by atoms with van der Waals surface area (Å²) in [5.74, 6) is -5.73. The zero-order chi connectivity index (χ0) is 17.7. The van der Waals surface area contributed by atoms with Crippen LogP contribution < -0.4 is 0 Å². The Bertz CT molecular complexity index is 663. The lowest BCUT2D eigenvalue weighted by molar-refractivity contribution is -0.0466. The molecule has 0 fully saturated rings. The third-order valence-corrected chi connectivity index (χ3v) is 3.07. The minimum absolute atomic E-state index is 0.0118. The Balaban J connectivity index is 2.58. The highest BCUT2D eigenvalue weighted by molar-refractivity contribution is 7.85. The third kappa shape index (κ3) is 7.66. The summed E-state index contributed by atoms with van der Waals surface area (Å²) < 4.78 is 63.5. The van der Waals surface area contributed by atoms with Crippen molar-refractivity contribution >= 4 is 22.1 Å². The van der Waals surface area contributed by atoms with Gasteiger partial charge in [0.2, 0.25) is 0 Å². The van der Waals surface area contributed by atoms with Crippen LogP contribution in [0, 0.1) is 0 Å². The van der Waals surface area contributed by atoms with E-state index in [9.17, 15) is 26.8 Å². The summed E-state index contributed by atoms with van der Waals surface area (Å²) in [7, 11) is -4.24. The fourth-order valence-corrected chi connectivity index (χ4v) is 1.63. The predicted molar refractivity (Wildman–Crippen MR) is 74.0 cm³/mol. The van der Waals surface area contributed by atoms with E-state index in [0.29, 0.717) is 6.92 Å². The molecule has 0 aromatic heterocycles. The minimum atomic E-state index is -4.24. The topological polar surface area (TPSA) is 107 Å². The molecule has 1 aromatic carbocycles. The SMILES string of the molecule is CC(F)(F)COC(=O)c1ccc(C(=O)OCCS(=O)(=O)O)cc1. The number of rotatable bonds is 7. The zero-order valence-electron chi connectivity index (χ0n) is 12.0. The van der Waals surface area contributed by atoms with Crippen molar-refractivity contribution in [2.75, 3.05) is 19.0 Å². The van der Waals surface area contributed by atoms with Crippen molar-refractivity contribution < 1.29 is 40.8 Å². The molecule has 0 aliphatic rings. The van der Waals surface area contributed by atoms with E-state index in [0.717, 1.165) is 0 Å². The minimum Gasteiger partial charge on any atom is -0.461 e. The molecule has 23 heavy (non-hydrogen) atoms. The maximum absolute atomic E-state index is 12.6. The molecule has 1 aromatic rings. The van der Waals surface area contributed by atoms with E-state index in [4.69, 9.17) is 4.55 Å². The number of ether oxygens (including phenoxy) is 2. The quantitative estimate of drug-likeness (QED) is 0.586. The van der Waals surface area contributed by atoms with Crippen LogP contribution in [0.5, 0.6) is 0 Å². The third-order valence-electron chi connectivity index (χ3n) is 2.39. The molecule has 0 amide bonds. The number of carbonyl (C=O) groups excluding carboxylic acids is 2. The maximum atomic E-state index is 12.6. The fourth-order valence-electron chi connectivity index (χ4n) is 1.34. The van der Waals surface area contributed by atoms with Gasteiger partial charge >= 0.3 is 11.9 Å². The first-order chi connectivity index (χ1) is 10.5. The van der Waals surface area contributed by atoms with E-state index >= 15 is 0 Å². The summed E-state index contributed by atoms with van der Waals surface area (Å²) in [6.45, 7) is -0.996. The smallest absolute Gasteiger partial charge is 0.338 e. The van der Waals surface area contributed by atoms with E-state index in [-0.39, 0.29) is 11.1 Å². The summed E-state index contributed by atoms with van der Waals surface area (Å²) in [5.41, 5.74) is -0.0264. The van der Waals surface area contributed by atoms with Crippen LogP contribution in [0.1, 0.15) is 27.6 Å². The number of benzene rings is 1. The standard InChI is InChI=1S/C13H14F2O7S/c1-13(14,15)8-22-12(17)10-4-2-9(3-5-10)11(16)21-6-7-23(18,19)20/h2-5H,6-8H2,1H3,(H,18,19,20). The predicted octanol–water partition coefficient (Wildman–Crippen LogP) is 1.54. The molecule has 1 N–H and O–H groups in total. The average molecular weight is 352 g/mol. The Morgan fingerprint density at radius 2 is 1.52 bits per heavy atom. The Kier molecular flexibility index (Phi) is 6.16. The van der Waals surface area contributed by atoms with Gasteiger partial charge in [-0.05, 0) is 24.3 Å². The summed E-state index contributed by atoms with van der Waals surface area (Å²) in [5, 5.41) is 0. The van der Waals surface area contributed by atoms with E-state index in [1.165, 1.54) is 24.3 Å². The Morgan fingerprint density at radius 1 is 1.09 bits per heavy atom. The van der Waals surface area contributed by atoms with Gasteiger partial charge in [0.15, 0.2) is 6.61 Å². The zero-order valence-corrected chi connectivity index (χ0v) is 12.8. The molecule has 0 unspecified atom stereocenters. The van der Waals surface area contributed by atoms with Gasteiger partial charge in [-0.1, -0.05) is 0 Å². The van der Waals surface area contributed by atoms with Gasteiger partial charge in [-0.15, -0.1) is 0 Å². The van der Waals surface area contributed by atoms with Gasteiger partial charge in [0.25, 0.3) is 16.0 Å². The van der Waals surface area contributed by atoms with Gasteiger partial charge < -0.3 is 9.47 Å². The van der Waals surface area contributed by atoms with E-state index in [2.05, 4.69) is 9.47 Å². The lowest BCUT2D eigenvalue weighted by atomic mass is 10.1. The largest absolute Gasteiger partial charge is 0.461 e. The van der Waals surface area contributed by atoms with Gasteiger partial charge in [0.1, 0.15) is 12.4 Å². The molecular formula is C13H14F2O7S. The highest BCUT2D eigenvalue weighted by atomic mass is 32.2. The first kappa shape index (κ1) is 19.0. The highest BCUT2D eigenvalue weighted by Crippen LogP contribution is 2.13. The number of halogens is 2. The second kappa shape index (κ2) is 7.47. The molecule has 0 saturated heterocycles. The second-order valence-corrected chi connectivity index (χ2v) is 6.22. The Morgan fingerprint density at radius 3 is 1.91 bits per heavy atom. The molecule has 0 aliphatic heterocycles. The van der Waals surface area contributed by atoms with Crippen molar-refractivity contribution in [2.45, 2.75) is 12.8 Å². The monoisotopic (exact) mass is 352 g/mol. The molecule has 0 bridgehead atoms. The molecule has 10 heteroatoms. The lowest BCUT2D eigenvalue weighted by Gasteiger charge is -2.10. The summed E-state index contributed by atoms with van der Waals surface area (Å²) in [6.07, 6.45) is 0. The van der Waals surface area contributed by atoms with Gasteiger partial charge in [0, 0.05) is 6.92 Å². The first-order valence-electron chi connectivity index (χ1n) is 6.25. The van der Waals surface area contributed by atoms with Crippen LogP contribution in [0.15, 0.2) is 24.3 Å². The normalized spacial score (nSPS) is 11.8. The van der Waals surface area contributed by atoms with Crippen LogP contribution in [0.4, 0.5) is 8.78 Å². The molecule has 128 valence electrons. The second-order valence-electron chi connectivity index (χ2n) is 4.65. The summed E-state index contributed by atoms with van der Waals surface area (Å²) >= 11 is 0. The van der Waals surface area contributed by atoms with Crippen LogP contribution in [0.3, 0.4) is 0 Å². The highest BCUT2D eigenvalue weighted by Gasteiger charge is 2.24. The Labute approximate surface area is 130 Å². The molecular weight excluding hydrogens is 338 g/mol. The number of hydrogen-bond donors (Lipinski definition) is 1. The van der Waals surface area contributed by atoms with Crippen molar-refractivity contribution in [3.05, 3.63) is 35.4 Å². The molecule has 0 spiro atoms. The van der Waals surface area contributed by atoms with Crippen LogP contribution in [-0.4, -0.2) is 49.8 Å². The van der Waals surface area contributed by atoms with Crippen molar-refractivity contribution in [3.63, 3.8) is 0 Å². The molecule has 0 atom stereocenters. The van der Waals surface area contributed by atoms with Crippen LogP contribution >= 0.6 is 0 Å². The van der Waals surface area contributed by atoms with Gasteiger partial charge in [-0.3, -0.25) is 4.55 Å². The molecule has 1 rings (SSSR count). The summed E-state index contributed by atoms with van der Waals surface area (Å²) in [6, 6.07) is 4.73. The van der Waals surface area contributed by atoms with Gasteiger partial charge in [0.05, 0.1) is 11.1 Å². The number of alkyl halides is 2. The van der Waals surface area contributed by atoms with Gasteiger partial charge in [-0.25, -0.2) is 18.4 Å². The lowest BCUT2D eigenvalue weighted by Crippen LogP contribution is -2.21. The first-order valence-corrected chi connectivity index (χ1v) is 7.86. The van der Waals surface area contributed by atoms with Crippen LogP contribution in [0.2, 0.25) is 0 Å². The maximum Gasteiger partial charge on any atom is 0.338 e. The van der Waals surface area contributed by atoms with Crippen LogP contribution in [-0.2, 0) is 19.6 Å². The number of esters is 2. The molecule has 0 heterocycles. The molecule has 7 nitrogen and oxygen atoms in total. The summed E-state index contributed by atoms with van der Waals surface area (Å²) in [4.78, 5) is 23.0. The van der Waals surface area contributed by atoms with E-state index in [1.807, 2.05) is 0 Å². The molecule has 0 radical (unpaired) electrons. The van der Waals surface area contributed by atoms with Crippen molar-refractivity contribution in [1.29, 1.82) is 0 Å². The van der Waals surface area contributed by atoms with Crippen molar-refractivity contribution in [1.82, 2.24) is 0 Å². The fraction of sp³-hybridized carbons (Fsp3) is 0.385. The number of carbonyl (C=O) groups is 2. The van der Waals surface area contributed by atoms with E-state index < -0.39 is 46.9 Å². The Hall–Kier alpha value is -2.07.